The van der Waals surface area contributed by atoms with Crippen molar-refractivity contribution in [2.24, 2.45) is 0 Å². The lowest BCUT2D eigenvalue weighted by atomic mass is 10.0. The minimum Gasteiger partial charge on any atom is -0.497 e. The third-order valence-corrected chi connectivity index (χ3v) is 6.18. The number of benzene rings is 1. The molecule has 0 bridgehead atoms. The van der Waals surface area contributed by atoms with E-state index in [1.165, 1.54) is 15.9 Å². The Morgan fingerprint density at radius 3 is 2.79 bits per heavy atom. The number of nitrogens with one attached hydrogen (secondary N) is 1. The Labute approximate surface area is 165 Å². The number of amides is 1. The number of aromatic amines is 1. The zero-order valence-corrected chi connectivity index (χ0v) is 16.8. The van der Waals surface area contributed by atoms with Crippen LogP contribution in [0, 0.1) is 0 Å². The van der Waals surface area contributed by atoms with Crippen LogP contribution in [0.4, 0.5) is 0 Å². The molecule has 0 spiro atoms. The van der Waals surface area contributed by atoms with Gasteiger partial charge >= 0.3 is 5.69 Å². The zero-order chi connectivity index (χ0) is 20.0. The van der Waals surface area contributed by atoms with Crippen LogP contribution < -0.4 is 16.0 Å². The van der Waals surface area contributed by atoms with Gasteiger partial charge in [-0.3, -0.25) is 19.1 Å². The van der Waals surface area contributed by atoms with E-state index in [1.807, 2.05) is 13.8 Å². The van der Waals surface area contributed by atoms with E-state index in [9.17, 15) is 14.4 Å². The molecule has 1 aliphatic heterocycles. The molecule has 7 nitrogen and oxygen atoms in total. The van der Waals surface area contributed by atoms with Crippen LogP contribution in [0.3, 0.4) is 0 Å². The first kappa shape index (κ1) is 18.5. The first-order chi connectivity index (χ1) is 13.4. The highest BCUT2D eigenvalue weighted by atomic mass is 32.1. The van der Waals surface area contributed by atoms with Gasteiger partial charge in [0.2, 0.25) is 0 Å². The number of carbonyl (C=O) groups is 1. The van der Waals surface area contributed by atoms with Crippen molar-refractivity contribution in [2.45, 2.75) is 32.9 Å². The van der Waals surface area contributed by atoms with E-state index >= 15 is 0 Å². The molecule has 2 aromatic heterocycles. The van der Waals surface area contributed by atoms with Crippen molar-refractivity contribution in [1.82, 2.24) is 14.5 Å². The molecule has 0 saturated carbocycles. The minimum atomic E-state index is -0.393. The summed E-state index contributed by atoms with van der Waals surface area (Å²) in [4.78, 5) is 44.2. The summed E-state index contributed by atoms with van der Waals surface area (Å²) < 4.78 is 6.46. The van der Waals surface area contributed by atoms with Gasteiger partial charge < -0.3 is 9.64 Å². The molecule has 28 heavy (non-hydrogen) atoms. The number of fused-ring (bicyclic) bond motifs is 3. The molecule has 0 aliphatic carbocycles. The second-order valence-electron chi connectivity index (χ2n) is 7.12. The lowest BCUT2D eigenvalue weighted by molar-refractivity contribution is 0.0737. The van der Waals surface area contributed by atoms with Crippen LogP contribution in [0.5, 0.6) is 5.75 Å². The fourth-order valence-electron chi connectivity index (χ4n) is 3.67. The summed E-state index contributed by atoms with van der Waals surface area (Å²) in [5.74, 6) is 0.562. The summed E-state index contributed by atoms with van der Waals surface area (Å²) in [7, 11) is 1.57. The largest absolute Gasteiger partial charge is 0.497 e. The van der Waals surface area contributed by atoms with Gasteiger partial charge in [-0.15, -0.1) is 11.3 Å². The highest BCUT2D eigenvalue weighted by Crippen LogP contribution is 2.32. The molecule has 4 rings (SSSR count). The van der Waals surface area contributed by atoms with Crippen molar-refractivity contribution < 1.29 is 9.53 Å². The lowest BCUT2D eigenvalue weighted by Gasteiger charge is -2.27. The fourth-order valence-corrected chi connectivity index (χ4v) is 4.91. The molecule has 0 atom stereocenters. The molecule has 1 amide bonds. The number of rotatable bonds is 3. The highest BCUT2D eigenvalue weighted by Gasteiger charge is 2.27. The molecule has 0 fully saturated rings. The summed E-state index contributed by atoms with van der Waals surface area (Å²) in [5, 5.41) is 0.585. The minimum absolute atomic E-state index is 0.0740. The van der Waals surface area contributed by atoms with Crippen molar-refractivity contribution in [3.05, 3.63) is 61.1 Å². The molecule has 3 heterocycles. The monoisotopic (exact) mass is 399 g/mol. The summed E-state index contributed by atoms with van der Waals surface area (Å²) in [6.07, 6.45) is 0.588. The smallest absolute Gasteiger partial charge is 0.329 e. The topological polar surface area (TPSA) is 84.4 Å². The number of aromatic nitrogens is 2. The summed E-state index contributed by atoms with van der Waals surface area (Å²) >= 11 is 1.39. The molecule has 1 N–H and O–H groups in total. The van der Waals surface area contributed by atoms with Crippen molar-refractivity contribution in [1.29, 1.82) is 0 Å². The number of ether oxygens (including phenoxy) is 1. The molecule has 1 aromatic carbocycles. The van der Waals surface area contributed by atoms with Gasteiger partial charge in [0.1, 0.15) is 10.6 Å². The molecular formula is C20H21N3O4S. The van der Waals surface area contributed by atoms with Crippen LogP contribution in [-0.4, -0.2) is 34.0 Å². The van der Waals surface area contributed by atoms with Gasteiger partial charge in [0.15, 0.2) is 0 Å². The maximum atomic E-state index is 12.9. The lowest BCUT2D eigenvalue weighted by Crippen LogP contribution is -2.37. The molecular weight excluding hydrogens is 378 g/mol. The van der Waals surface area contributed by atoms with E-state index in [0.717, 1.165) is 10.4 Å². The second-order valence-corrected chi connectivity index (χ2v) is 8.22. The standard InChI is InChI=1S/C20H21N3O4S/c1-11(2)23-19(25)16-14-7-8-22(10-15(14)28-17(16)21-20(23)26)18(24)12-5-4-6-13(9-12)27-3/h4-6,9,11H,7-8,10H2,1-3H3,(H,21,26). The van der Waals surface area contributed by atoms with Crippen molar-refractivity contribution in [3.63, 3.8) is 0 Å². The Bertz CT molecular complexity index is 1190. The third-order valence-electron chi connectivity index (χ3n) is 5.05. The van der Waals surface area contributed by atoms with Crippen LogP contribution in [0.1, 0.15) is 40.7 Å². The van der Waals surface area contributed by atoms with Crippen LogP contribution in [-0.2, 0) is 13.0 Å². The summed E-state index contributed by atoms with van der Waals surface area (Å²) in [5.41, 5.74) is 0.874. The number of methoxy groups -OCH3 is 1. The van der Waals surface area contributed by atoms with E-state index in [4.69, 9.17) is 4.74 Å². The van der Waals surface area contributed by atoms with Gasteiger partial charge in [0.05, 0.1) is 19.0 Å². The van der Waals surface area contributed by atoms with Crippen molar-refractivity contribution >= 4 is 27.5 Å². The van der Waals surface area contributed by atoms with E-state index in [1.54, 1.807) is 36.3 Å². The SMILES string of the molecule is COc1cccc(C(=O)N2CCc3c(sc4[nH]c(=O)n(C(C)C)c(=O)c34)C2)c1. The highest BCUT2D eigenvalue weighted by molar-refractivity contribution is 7.18. The number of carbonyl (C=O) groups excluding carboxylic acids is 1. The van der Waals surface area contributed by atoms with E-state index in [-0.39, 0.29) is 17.5 Å². The first-order valence-electron chi connectivity index (χ1n) is 9.13. The molecule has 0 saturated heterocycles. The Balaban J connectivity index is 1.72. The van der Waals surface area contributed by atoms with Gasteiger partial charge in [-0.25, -0.2) is 4.79 Å². The van der Waals surface area contributed by atoms with Crippen LogP contribution in [0.25, 0.3) is 10.2 Å². The van der Waals surface area contributed by atoms with Gasteiger partial charge in [-0.05, 0) is 44.0 Å². The average Bonchev–Trinajstić information content (AvgIpc) is 3.04. The average molecular weight is 399 g/mol. The molecule has 1 aliphatic rings. The van der Waals surface area contributed by atoms with Gasteiger partial charge in [-0.2, -0.15) is 0 Å². The van der Waals surface area contributed by atoms with Crippen molar-refractivity contribution in [3.8, 4) is 5.75 Å². The summed E-state index contributed by atoms with van der Waals surface area (Å²) in [6.45, 7) is 4.58. The zero-order valence-electron chi connectivity index (χ0n) is 15.9. The molecule has 0 radical (unpaired) electrons. The number of hydrogen-bond donors (Lipinski definition) is 1. The van der Waals surface area contributed by atoms with Gasteiger partial charge in [0.25, 0.3) is 11.5 Å². The first-order valence-corrected chi connectivity index (χ1v) is 9.94. The quantitative estimate of drug-likeness (QED) is 0.734. The maximum Gasteiger partial charge on any atom is 0.329 e. The summed E-state index contributed by atoms with van der Waals surface area (Å²) in [6, 6.07) is 6.87. The normalized spacial score (nSPS) is 13.8. The Morgan fingerprint density at radius 2 is 2.07 bits per heavy atom. The predicted octanol–water partition coefficient (Wildman–Crippen LogP) is 2.54. The third kappa shape index (κ3) is 2.93. The number of nitrogens with zero attached hydrogens (tertiary/aromatic N) is 2. The predicted molar refractivity (Wildman–Crippen MR) is 109 cm³/mol. The van der Waals surface area contributed by atoms with E-state index < -0.39 is 5.69 Å². The van der Waals surface area contributed by atoms with Crippen LogP contribution >= 0.6 is 11.3 Å². The maximum absolute atomic E-state index is 12.9. The Kier molecular flexibility index (Phi) is 4.58. The van der Waals surface area contributed by atoms with E-state index in [0.29, 0.717) is 41.0 Å². The fraction of sp³-hybridized carbons (Fsp3) is 0.350. The second kappa shape index (κ2) is 6.94. The molecule has 8 heteroatoms. The van der Waals surface area contributed by atoms with Crippen molar-refractivity contribution in [2.75, 3.05) is 13.7 Å². The van der Waals surface area contributed by atoms with Crippen LogP contribution in [0.2, 0.25) is 0 Å². The van der Waals surface area contributed by atoms with Gasteiger partial charge in [0, 0.05) is 23.0 Å². The molecule has 146 valence electrons. The number of thiophene rings is 1. The molecule has 3 aromatic rings. The number of H-pyrrole nitrogens is 1. The Hall–Kier alpha value is -2.87. The van der Waals surface area contributed by atoms with E-state index in [2.05, 4.69) is 4.98 Å². The molecule has 0 unspecified atom stereocenters. The number of hydrogen-bond acceptors (Lipinski definition) is 5. The Morgan fingerprint density at radius 1 is 1.29 bits per heavy atom. The van der Waals surface area contributed by atoms with Gasteiger partial charge in [-0.1, -0.05) is 6.07 Å². The van der Waals surface area contributed by atoms with Crippen LogP contribution in [0.15, 0.2) is 33.9 Å².